The summed E-state index contributed by atoms with van der Waals surface area (Å²) in [5, 5.41) is 14.0. The van der Waals surface area contributed by atoms with Crippen molar-refractivity contribution in [1.29, 1.82) is 0 Å². The average Bonchev–Trinajstić information content (AvgIpc) is 2.26. The van der Waals surface area contributed by atoms with Crippen LogP contribution in [0, 0.1) is 6.92 Å². The fraction of sp³-hybridized carbons (Fsp3) is 0.625. The molecule has 66 valence electrons. The van der Waals surface area contributed by atoms with E-state index in [0.717, 1.165) is 24.5 Å². The number of hydrogen-bond donors (Lipinski definition) is 1. The van der Waals surface area contributed by atoms with Gasteiger partial charge in [0.25, 0.3) is 0 Å². The molecule has 0 radical (unpaired) electrons. The zero-order valence-corrected chi connectivity index (χ0v) is 7.49. The molecule has 0 saturated heterocycles. The number of hydrogen-bond acceptors (Lipinski definition) is 2. The molecule has 0 saturated carbocycles. The van der Waals surface area contributed by atoms with Gasteiger partial charge in [0.2, 0.25) is 0 Å². The Labute approximate surface area is 71.6 Å². The third-order valence-electron chi connectivity index (χ3n) is 2.28. The minimum absolute atomic E-state index is 0.0884. The van der Waals surface area contributed by atoms with E-state index < -0.39 is 0 Å². The van der Waals surface area contributed by atoms with E-state index in [1.807, 2.05) is 24.7 Å². The Balaban J connectivity index is 2.34. The minimum Gasteiger partial charge on any atom is -0.258 e. The van der Waals surface area contributed by atoms with Gasteiger partial charge in [-0.05, 0) is 13.0 Å². The lowest BCUT2D eigenvalue weighted by molar-refractivity contribution is -1.10. The number of nitrogens with zero attached hydrogens (tertiary/aromatic N) is 3. The summed E-state index contributed by atoms with van der Waals surface area (Å²) < 4.78 is 2.07. The Bertz CT molecular complexity index is 303. The maximum absolute atomic E-state index is 9.73. The first-order valence-electron chi connectivity index (χ1n) is 4.17. The fourth-order valence-corrected chi connectivity index (χ4v) is 1.66. The molecular formula is C8H14N3O+. The molecule has 2 heterocycles. The van der Waals surface area contributed by atoms with Crippen molar-refractivity contribution < 1.29 is 9.85 Å². The Morgan fingerprint density at radius 1 is 1.67 bits per heavy atom. The van der Waals surface area contributed by atoms with Crippen molar-refractivity contribution in [3.05, 3.63) is 17.5 Å². The van der Waals surface area contributed by atoms with Crippen molar-refractivity contribution in [2.24, 2.45) is 0 Å². The predicted molar refractivity (Wildman–Crippen MR) is 43.5 cm³/mol. The van der Waals surface area contributed by atoms with Crippen molar-refractivity contribution in [2.45, 2.75) is 20.0 Å². The van der Waals surface area contributed by atoms with E-state index in [4.69, 9.17) is 0 Å². The number of hydroxylamine groups is 3. The Kier molecular flexibility index (Phi) is 1.49. The van der Waals surface area contributed by atoms with Gasteiger partial charge in [-0.2, -0.15) is 9.75 Å². The Morgan fingerprint density at radius 3 is 3.17 bits per heavy atom. The first kappa shape index (κ1) is 7.76. The highest BCUT2D eigenvalue weighted by atomic mass is 16.5. The summed E-state index contributed by atoms with van der Waals surface area (Å²) in [4.78, 5) is 0. The topological polar surface area (TPSA) is 38.0 Å². The van der Waals surface area contributed by atoms with Crippen molar-refractivity contribution in [3.63, 3.8) is 0 Å². The summed E-state index contributed by atoms with van der Waals surface area (Å²) >= 11 is 0. The Morgan fingerprint density at radius 2 is 2.42 bits per heavy atom. The van der Waals surface area contributed by atoms with Crippen LogP contribution in [0.25, 0.3) is 0 Å². The number of likely N-dealkylation sites (N-methyl/N-ethyl adjacent to an activating group) is 1. The van der Waals surface area contributed by atoms with Crippen LogP contribution in [0.3, 0.4) is 0 Å². The molecule has 1 N–H and O–H groups in total. The molecule has 1 unspecified atom stereocenters. The molecule has 0 bridgehead atoms. The number of aryl methyl sites for hydroxylation is 1. The van der Waals surface area contributed by atoms with E-state index in [-0.39, 0.29) is 4.65 Å². The fourth-order valence-electron chi connectivity index (χ4n) is 1.66. The minimum atomic E-state index is 0.0884. The van der Waals surface area contributed by atoms with E-state index in [2.05, 4.69) is 5.10 Å². The van der Waals surface area contributed by atoms with E-state index in [1.54, 1.807) is 0 Å². The van der Waals surface area contributed by atoms with Crippen molar-refractivity contribution >= 4 is 0 Å². The first-order valence-corrected chi connectivity index (χ1v) is 4.17. The number of quaternary nitrogens is 1. The molecule has 1 aromatic heterocycles. The zero-order chi connectivity index (χ0) is 8.77. The summed E-state index contributed by atoms with van der Waals surface area (Å²) in [5.41, 5.74) is 2.16. The molecule has 1 aliphatic heterocycles. The summed E-state index contributed by atoms with van der Waals surface area (Å²) in [6.45, 7) is 4.21. The maximum Gasteiger partial charge on any atom is 0.151 e. The molecule has 4 nitrogen and oxygen atoms in total. The van der Waals surface area contributed by atoms with Crippen molar-refractivity contribution in [3.8, 4) is 0 Å². The second-order valence-corrected chi connectivity index (χ2v) is 3.72. The third-order valence-corrected chi connectivity index (χ3v) is 2.28. The molecule has 1 aromatic rings. The number of rotatable bonds is 0. The second kappa shape index (κ2) is 2.31. The van der Waals surface area contributed by atoms with Crippen LogP contribution in [-0.4, -0.2) is 33.2 Å². The van der Waals surface area contributed by atoms with Crippen LogP contribution in [0.4, 0.5) is 0 Å². The van der Waals surface area contributed by atoms with E-state index in [9.17, 15) is 5.21 Å². The lowest BCUT2D eigenvalue weighted by Crippen LogP contribution is -2.46. The standard InChI is InChI=1S/C8H14N3O/c1-7-5-8-6-11(2,12)4-3-10(8)9-7/h5,12H,3-4,6H2,1-2H3/q+1. The van der Waals surface area contributed by atoms with Gasteiger partial charge in [-0.25, -0.2) is 5.21 Å². The van der Waals surface area contributed by atoms with Gasteiger partial charge in [0.1, 0.15) is 6.54 Å². The maximum atomic E-state index is 9.73. The monoisotopic (exact) mass is 168 g/mol. The van der Waals surface area contributed by atoms with Crippen molar-refractivity contribution in [2.75, 3.05) is 13.6 Å². The van der Waals surface area contributed by atoms with E-state index >= 15 is 0 Å². The van der Waals surface area contributed by atoms with Gasteiger partial charge in [-0.15, -0.1) is 0 Å². The van der Waals surface area contributed by atoms with Crippen LogP contribution in [0.1, 0.15) is 11.4 Å². The second-order valence-electron chi connectivity index (χ2n) is 3.72. The van der Waals surface area contributed by atoms with Crippen LogP contribution in [0.2, 0.25) is 0 Å². The molecule has 1 atom stereocenters. The van der Waals surface area contributed by atoms with Gasteiger partial charge in [0.15, 0.2) is 6.54 Å². The first-order chi connectivity index (χ1) is 5.57. The molecule has 12 heavy (non-hydrogen) atoms. The van der Waals surface area contributed by atoms with Crippen LogP contribution >= 0.6 is 0 Å². The molecule has 0 amide bonds. The van der Waals surface area contributed by atoms with Gasteiger partial charge in [-0.1, -0.05) is 0 Å². The number of aromatic nitrogens is 2. The molecule has 0 spiro atoms. The lowest BCUT2D eigenvalue weighted by atomic mass is 10.3. The molecule has 1 aliphatic rings. The summed E-state index contributed by atoms with van der Waals surface area (Å²) in [6.07, 6.45) is 0. The van der Waals surface area contributed by atoms with Gasteiger partial charge in [0.05, 0.1) is 25.0 Å². The summed E-state index contributed by atoms with van der Waals surface area (Å²) in [5.74, 6) is 0. The molecule has 0 fully saturated rings. The molecule has 0 aromatic carbocycles. The molecular weight excluding hydrogens is 154 g/mol. The highest BCUT2D eigenvalue weighted by Gasteiger charge is 2.27. The van der Waals surface area contributed by atoms with Gasteiger partial charge < -0.3 is 0 Å². The predicted octanol–water partition coefficient (Wildman–Crippen LogP) is 0.541. The highest BCUT2D eigenvalue weighted by Crippen LogP contribution is 2.15. The largest absolute Gasteiger partial charge is 0.258 e. The summed E-state index contributed by atoms with van der Waals surface area (Å²) in [7, 11) is 1.83. The Hall–Kier alpha value is -0.870. The smallest absolute Gasteiger partial charge is 0.151 e. The van der Waals surface area contributed by atoms with Crippen LogP contribution in [-0.2, 0) is 13.1 Å². The molecule has 4 heteroatoms. The van der Waals surface area contributed by atoms with Crippen LogP contribution < -0.4 is 0 Å². The molecule has 0 aliphatic carbocycles. The third kappa shape index (κ3) is 1.23. The van der Waals surface area contributed by atoms with Gasteiger partial charge in [0, 0.05) is 0 Å². The normalized spacial score (nSPS) is 28.6. The van der Waals surface area contributed by atoms with Gasteiger partial charge >= 0.3 is 0 Å². The zero-order valence-electron chi connectivity index (χ0n) is 7.49. The highest BCUT2D eigenvalue weighted by molar-refractivity contribution is 5.08. The van der Waals surface area contributed by atoms with E-state index in [0.29, 0.717) is 6.54 Å². The van der Waals surface area contributed by atoms with Crippen LogP contribution in [0.5, 0.6) is 0 Å². The average molecular weight is 168 g/mol. The van der Waals surface area contributed by atoms with E-state index in [1.165, 1.54) is 0 Å². The SMILES string of the molecule is Cc1cc2n(n1)CC[N+](C)(O)C2. The van der Waals surface area contributed by atoms with Gasteiger partial charge in [-0.3, -0.25) is 4.68 Å². The summed E-state index contributed by atoms with van der Waals surface area (Å²) in [6, 6.07) is 2.03. The van der Waals surface area contributed by atoms with Crippen LogP contribution in [0.15, 0.2) is 6.07 Å². The lowest BCUT2D eigenvalue weighted by Gasteiger charge is -2.29. The number of fused-ring (bicyclic) bond motifs is 1. The van der Waals surface area contributed by atoms with Crippen molar-refractivity contribution in [1.82, 2.24) is 9.78 Å². The molecule has 2 rings (SSSR count). The quantitative estimate of drug-likeness (QED) is 0.574.